The third-order valence-electron chi connectivity index (χ3n) is 3.92. The zero-order valence-corrected chi connectivity index (χ0v) is 9.69. The maximum atomic E-state index is 12.8. The quantitative estimate of drug-likeness (QED) is 0.595. The Bertz CT molecular complexity index is 304. The molecule has 2 saturated carbocycles. The fourth-order valence-corrected chi connectivity index (χ4v) is 2.18. The summed E-state index contributed by atoms with van der Waals surface area (Å²) in [5.74, 6) is 0.158. The van der Waals surface area contributed by atoms with Crippen molar-refractivity contribution >= 4 is 5.96 Å². The Morgan fingerprint density at radius 3 is 2.29 bits per heavy atom. The zero-order valence-electron chi connectivity index (χ0n) is 9.69. The van der Waals surface area contributed by atoms with Crippen LogP contribution in [0.1, 0.15) is 38.5 Å². The lowest BCUT2D eigenvalue weighted by atomic mass is 9.68. The van der Waals surface area contributed by atoms with Gasteiger partial charge >= 0.3 is 6.18 Å². The highest BCUT2D eigenvalue weighted by atomic mass is 19.4. The summed E-state index contributed by atoms with van der Waals surface area (Å²) < 4.78 is 38.4. The summed E-state index contributed by atoms with van der Waals surface area (Å²) in [5.41, 5.74) is 3.97. The van der Waals surface area contributed by atoms with E-state index in [0.717, 1.165) is 19.3 Å². The van der Waals surface area contributed by atoms with Crippen LogP contribution in [0.5, 0.6) is 0 Å². The highest BCUT2D eigenvalue weighted by Crippen LogP contribution is 2.53. The van der Waals surface area contributed by atoms with Crippen molar-refractivity contribution in [2.75, 3.05) is 6.54 Å². The van der Waals surface area contributed by atoms with Crippen molar-refractivity contribution in [1.29, 1.82) is 0 Å². The summed E-state index contributed by atoms with van der Waals surface area (Å²) in [7, 11) is 0. The van der Waals surface area contributed by atoms with E-state index in [-0.39, 0.29) is 25.3 Å². The van der Waals surface area contributed by atoms with E-state index in [4.69, 9.17) is 5.73 Å². The first kappa shape index (κ1) is 12.5. The molecule has 2 rings (SSSR count). The molecule has 0 amide bonds. The van der Waals surface area contributed by atoms with Crippen LogP contribution < -0.4 is 11.1 Å². The van der Waals surface area contributed by atoms with Gasteiger partial charge in [-0.15, -0.1) is 0 Å². The Morgan fingerprint density at radius 1 is 1.29 bits per heavy atom. The standard InChI is InChI=1S/C11H18F3N3/c12-11(13,14)10(5-2-6-10)7-16-9(15)17-8-3-1-4-8/h8H,1-7H2,(H3,15,16,17). The third-order valence-corrected chi connectivity index (χ3v) is 3.92. The van der Waals surface area contributed by atoms with Crippen LogP contribution in [-0.2, 0) is 0 Å². The predicted molar refractivity (Wildman–Crippen MR) is 59.6 cm³/mol. The molecule has 2 aliphatic rings. The van der Waals surface area contributed by atoms with Gasteiger partial charge in [-0.1, -0.05) is 6.42 Å². The molecule has 0 aromatic carbocycles. The van der Waals surface area contributed by atoms with Crippen molar-refractivity contribution < 1.29 is 13.2 Å². The lowest BCUT2D eigenvalue weighted by molar-refractivity contribution is -0.245. The summed E-state index contributed by atoms with van der Waals surface area (Å²) in [6.07, 6.45) is 0.0304. The summed E-state index contributed by atoms with van der Waals surface area (Å²) in [5, 5.41) is 2.95. The number of nitrogens with two attached hydrogens (primary N) is 1. The first-order valence-corrected chi connectivity index (χ1v) is 6.06. The molecular formula is C11H18F3N3. The molecule has 3 N–H and O–H groups in total. The Hall–Kier alpha value is -0.940. The van der Waals surface area contributed by atoms with Crippen LogP contribution in [0.15, 0.2) is 4.99 Å². The van der Waals surface area contributed by atoms with Crippen LogP contribution >= 0.6 is 0 Å². The fourth-order valence-electron chi connectivity index (χ4n) is 2.18. The molecule has 0 atom stereocenters. The lowest BCUT2D eigenvalue weighted by Crippen LogP contribution is -2.48. The minimum absolute atomic E-state index is 0.158. The molecule has 0 heterocycles. The SMILES string of the molecule is NC(=NCC1(C(F)(F)F)CCC1)NC1CCC1. The number of nitrogens with one attached hydrogen (secondary N) is 1. The second-order valence-corrected chi connectivity index (χ2v) is 5.11. The van der Waals surface area contributed by atoms with Gasteiger partial charge in [0, 0.05) is 6.04 Å². The van der Waals surface area contributed by atoms with Gasteiger partial charge in [-0.05, 0) is 32.1 Å². The van der Waals surface area contributed by atoms with Gasteiger partial charge in [0.1, 0.15) is 0 Å². The van der Waals surface area contributed by atoms with Crippen LogP contribution in [0, 0.1) is 5.41 Å². The first-order chi connectivity index (χ1) is 7.93. The zero-order chi connectivity index (χ0) is 12.5. The van der Waals surface area contributed by atoms with Crippen molar-refractivity contribution in [3.63, 3.8) is 0 Å². The smallest absolute Gasteiger partial charge is 0.370 e. The fraction of sp³-hybridized carbons (Fsp3) is 0.909. The first-order valence-electron chi connectivity index (χ1n) is 6.06. The van der Waals surface area contributed by atoms with E-state index in [1.54, 1.807) is 0 Å². The Kier molecular flexibility index (Phi) is 3.23. The monoisotopic (exact) mass is 249 g/mol. The average Bonchev–Trinajstić information content (AvgIpc) is 2.07. The molecule has 0 aromatic rings. The van der Waals surface area contributed by atoms with Crippen LogP contribution in [0.25, 0.3) is 0 Å². The van der Waals surface area contributed by atoms with Crippen molar-refractivity contribution in [2.24, 2.45) is 16.1 Å². The number of guanidine groups is 1. The number of aliphatic imine (C=N–C) groups is 1. The maximum absolute atomic E-state index is 12.8. The van der Waals surface area contributed by atoms with E-state index >= 15 is 0 Å². The number of alkyl halides is 3. The molecule has 17 heavy (non-hydrogen) atoms. The minimum atomic E-state index is -4.16. The van der Waals surface area contributed by atoms with E-state index in [1.807, 2.05) is 0 Å². The van der Waals surface area contributed by atoms with E-state index in [2.05, 4.69) is 10.3 Å². The van der Waals surface area contributed by atoms with Gasteiger partial charge in [-0.25, -0.2) is 0 Å². The van der Waals surface area contributed by atoms with Crippen LogP contribution in [0.4, 0.5) is 13.2 Å². The Labute approximate surface area is 98.7 Å². The van der Waals surface area contributed by atoms with Crippen LogP contribution in [0.3, 0.4) is 0 Å². The minimum Gasteiger partial charge on any atom is -0.370 e. The topological polar surface area (TPSA) is 50.4 Å². The molecule has 6 heteroatoms. The molecule has 0 aliphatic heterocycles. The van der Waals surface area contributed by atoms with Gasteiger partial charge in [0.05, 0.1) is 12.0 Å². The maximum Gasteiger partial charge on any atom is 0.396 e. The van der Waals surface area contributed by atoms with Gasteiger partial charge in [-0.2, -0.15) is 13.2 Å². The summed E-state index contributed by atoms with van der Waals surface area (Å²) in [6.45, 7) is -0.234. The molecule has 0 bridgehead atoms. The number of hydrogen-bond acceptors (Lipinski definition) is 1. The van der Waals surface area contributed by atoms with E-state index < -0.39 is 11.6 Å². The number of hydrogen-bond donors (Lipinski definition) is 2. The van der Waals surface area contributed by atoms with Gasteiger partial charge in [0.15, 0.2) is 5.96 Å². The van der Waals surface area contributed by atoms with Gasteiger partial charge < -0.3 is 11.1 Å². The van der Waals surface area contributed by atoms with Gasteiger partial charge in [0.2, 0.25) is 0 Å². The molecule has 0 unspecified atom stereocenters. The van der Waals surface area contributed by atoms with Crippen LogP contribution in [-0.4, -0.2) is 24.7 Å². The molecule has 98 valence electrons. The Balaban J connectivity index is 1.88. The molecule has 0 radical (unpaired) electrons. The molecule has 2 fully saturated rings. The molecule has 0 saturated heterocycles. The lowest BCUT2D eigenvalue weighted by Gasteiger charge is -2.42. The summed E-state index contributed by atoms with van der Waals surface area (Å²) >= 11 is 0. The number of rotatable bonds is 3. The molecule has 0 spiro atoms. The third kappa shape index (κ3) is 2.50. The molecule has 2 aliphatic carbocycles. The number of nitrogens with zero attached hydrogens (tertiary/aromatic N) is 1. The van der Waals surface area contributed by atoms with E-state index in [0.29, 0.717) is 12.5 Å². The Morgan fingerprint density at radius 2 is 1.94 bits per heavy atom. The van der Waals surface area contributed by atoms with Crippen LogP contribution in [0.2, 0.25) is 0 Å². The van der Waals surface area contributed by atoms with Crippen molar-refractivity contribution in [1.82, 2.24) is 5.32 Å². The molecular weight excluding hydrogens is 231 g/mol. The molecule has 3 nitrogen and oxygen atoms in total. The average molecular weight is 249 g/mol. The normalized spacial score (nSPS) is 25.0. The highest BCUT2D eigenvalue weighted by molar-refractivity contribution is 5.78. The second kappa shape index (κ2) is 4.38. The molecule has 0 aromatic heterocycles. The summed E-state index contributed by atoms with van der Waals surface area (Å²) in [4.78, 5) is 3.87. The highest BCUT2D eigenvalue weighted by Gasteiger charge is 2.58. The van der Waals surface area contributed by atoms with Gasteiger partial charge in [-0.3, -0.25) is 4.99 Å². The second-order valence-electron chi connectivity index (χ2n) is 5.11. The largest absolute Gasteiger partial charge is 0.396 e. The predicted octanol–water partition coefficient (Wildman–Crippen LogP) is 2.18. The van der Waals surface area contributed by atoms with Crippen molar-refractivity contribution in [3.8, 4) is 0 Å². The van der Waals surface area contributed by atoms with Crippen molar-refractivity contribution in [2.45, 2.75) is 50.7 Å². The van der Waals surface area contributed by atoms with E-state index in [9.17, 15) is 13.2 Å². The van der Waals surface area contributed by atoms with Gasteiger partial charge in [0.25, 0.3) is 0 Å². The van der Waals surface area contributed by atoms with Crippen molar-refractivity contribution in [3.05, 3.63) is 0 Å². The summed E-state index contributed by atoms with van der Waals surface area (Å²) in [6, 6.07) is 0.307. The van der Waals surface area contributed by atoms with E-state index in [1.165, 1.54) is 0 Å². The number of halogens is 3.